The van der Waals surface area contributed by atoms with E-state index in [9.17, 15) is 22.8 Å². The molecule has 0 spiro atoms. The van der Waals surface area contributed by atoms with Gasteiger partial charge < -0.3 is 9.64 Å². The van der Waals surface area contributed by atoms with Gasteiger partial charge in [0.25, 0.3) is 0 Å². The van der Waals surface area contributed by atoms with Crippen LogP contribution in [0.3, 0.4) is 0 Å². The van der Waals surface area contributed by atoms with Gasteiger partial charge in [-0.2, -0.15) is 13.2 Å². The second-order valence-corrected chi connectivity index (χ2v) is 5.72. The summed E-state index contributed by atoms with van der Waals surface area (Å²) in [6.45, 7) is 1.77. The van der Waals surface area contributed by atoms with Gasteiger partial charge in [-0.15, -0.1) is 0 Å². The first-order chi connectivity index (χ1) is 10.7. The van der Waals surface area contributed by atoms with Crippen LogP contribution in [0.5, 0.6) is 0 Å². The van der Waals surface area contributed by atoms with E-state index >= 15 is 0 Å². The van der Waals surface area contributed by atoms with Gasteiger partial charge in [0.05, 0.1) is 13.0 Å². The fourth-order valence-corrected chi connectivity index (χ4v) is 2.30. The van der Waals surface area contributed by atoms with Crippen LogP contribution in [-0.2, 0) is 14.3 Å². The van der Waals surface area contributed by atoms with Crippen LogP contribution in [0.4, 0.5) is 13.2 Å². The van der Waals surface area contributed by atoms with Crippen molar-refractivity contribution in [3.8, 4) is 0 Å². The maximum atomic E-state index is 13.3. The van der Waals surface area contributed by atoms with Gasteiger partial charge in [0, 0.05) is 17.9 Å². The van der Waals surface area contributed by atoms with Crippen LogP contribution in [0.25, 0.3) is 0 Å². The third-order valence-corrected chi connectivity index (χ3v) is 3.65. The molecule has 0 aromatic heterocycles. The number of nitrogens with zero attached hydrogens (tertiary/aromatic N) is 1. The second-order valence-electron chi connectivity index (χ2n) is 4.81. The van der Waals surface area contributed by atoms with E-state index in [1.54, 1.807) is 6.92 Å². The normalized spacial score (nSPS) is 12.6. The van der Waals surface area contributed by atoms with Gasteiger partial charge in [0.15, 0.2) is 6.04 Å². The lowest BCUT2D eigenvalue weighted by molar-refractivity contribution is -0.189. The number of halogens is 4. The molecule has 8 heteroatoms. The molecule has 1 amide bonds. The lowest BCUT2D eigenvalue weighted by Gasteiger charge is -2.30. The molecule has 0 aliphatic rings. The van der Waals surface area contributed by atoms with Crippen molar-refractivity contribution in [2.24, 2.45) is 0 Å². The van der Waals surface area contributed by atoms with Gasteiger partial charge >= 0.3 is 12.1 Å². The highest BCUT2D eigenvalue weighted by Gasteiger charge is 2.45. The third kappa shape index (κ3) is 5.85. The average Bonchev–Trinajstić information content (AvgIpc) is 2.46. The molecular formula is C15H17BrF3NO3. The second kappa shape index (κ2) is 8.33. The van der Waals surface area contributed by atoms with Crippen molar-refractivity contribution in [1.29, 1.82) is 0 Å². The van der Waals surface area contributed by atoms with E-state index in [4.69, 9.17) is 0 Å². The molecule has 0 saturated carbocycles. The van der Waals surface area contributed by atoms with Gasteiger partial charge in [0.1, 0.15) is 0 Å². The van der Waals surface area contributed by atoms with Gasteiger partial charge in [-0.3, -0.25) is 9.59 Å². The van der Waals surface area contributed by atoms with E-state index in [2.05, 4.69) is 20.7 Å². The van der Waals surface area contributed by atoms with E-state index in [0.29, 0.717) is 9.37 Å². The summed E-state index contributed by atoms with van der Waals surface area (Å²) >= 11 is 3.15. The first-order valence-electron chi connectivity index (χ1n) is 6.90. The number of esters is 1. The number of amides is 1. The maximum Gasteiger partial charge on any atom is 0.413 e. The molecule has 0 saturated heterocycles. The topological polar surface area (TPSA) is 46.6 Å². The Hall–Kier alpha value is -1.57. The van der Waals surface area contributed by atoms with Gasteiger partial charge in [-0.05, 0) is 24.6 Å². The van der Waals surface area contributed by atoms with Crippen molar-refractivity contribution < 1.29 is 27.5 Å². The Bertz CT molecular complexity index is 546. The lowest BCUT2D eigenvalue weighted by Crippen LogP contribution is -2.39. The number of rotatable bonds is 6. The molecule has 0 aliphatic heterocycles. The van der Waals surface area contributed by atoms with Crippen LogP contribution in [0, 0.1) is 0 Å². The minimum atomic E-state index is -4.62. The Morgan fingerprint density at radius 3 is 2.26 bits per heavy atom. The van der Waals surface area contributed by atoms with Gasteiger partial charge in [0.2, 0.25) is 5.91 Å². The zero-order valence-electron chi connectivity index (χ0n) is 12.7. The van der Waals surface area contributed by atoms with E-state index in [1.165, 1.54) is 24.3 Å². The molecule has 0 bridgehead atoms. The van der Waals surface area contributed by atoms with E-state index < -0.39 is 24.1 Å². The molecule has 0 unspecified atom stereocenters. The summed E-state index contributed by atoms with van der Waals surface area (Å²) in [7, 11) is 1.08. The lowest BCUT2D eigenvalue weighted by atomic mass is 10.0. The summed E-state index contributed by atoms with van der Waals surface area (Å²) < 4.78 is 45.3. The van der Waals surface area contributed by atoms with E-state index in [0.717, 1.165) is 7.05 Å². The number of hydrogen-bond acceptors (Lipinski definition) is 3. The first-order valence-corrected chi connectivity index (χ1v) is 7.69. The van der Waals surface area contributed by atoms with Crippen molar-refractivity contribution in [1.82, 2.24) is 4.90 Å². The van der Waals surface area contributed by atoms with Gasteiger partial charge in [-0.25, -0.2) is 0 Å². The predicted octanol–water partition coefficient (Wildman–Crippen LogP) is 3.85. The summed E-state index contributed by atoms with van der Waals surface area (Å²) in [6.07, 6.45) is -5.21. The molecule has 0 N–H and O–H groups in total. The smallest absolute Gasteiger partial charge is 0.413 e. The number of alkyl halides is 3. The van der Waals surface area contributed by atoms with Crippen molar-refractivity contribution in [2.45, 2.75) is 32.0 Å². The molecule has 4 nitrogen and oxygen atoms in total. The Morgan fingerprint density at radius 2 is 1.78 bits per heavy atom. The van der Waals surface area contributed by atoms with Gasteiger partial charge in [-0.1, -0.05) is 28.1 Å². The fourth-order valence-electron chi connectivity index (χ4n) is 2.04. The quantitative estimate of drug-likeness (QED) is 0.687. The molecule has 1 rings (SSSR count). The highest BCUT2D eigenvalue weighted by atomic mass is 79.9. The fraction of sp³-hybridized carbons (Fsp3) is 0.467. The van der Waals surface area contributed by atoms with E-state index in [1.807, 2.05) is 0 Å². The summed E-state index contributed by atoms with van der Waals surface area (Å²) in [5, 5.41) is 0. The first kappa shape index (κ1) is 19.5. The van der Waals surface area contributed by atoms with Crippen LogP contribution < -0.4 is 0 Å². The molecule has 23 heavy (non-hydrogen) atoms. The largest absolute Gasteiger partial charge is 0.466 e. The van der Waals surface area contributed by atoms with Crippen molar-refractivity contribution in [3.05, 3.63) is 34.3 Å². The average molecular weight is 396 g/mol. The monoisotopic (exact) mass is 395 g/mol. The Kier molecular flexibility index (Phi) is 7.05. The predicted molar refractivity (Wildman–Crippen MR) is 81.6 cm³/mol. The number of ether oxygens (including phenoxy) is 1. The molecule has 0 heterocycles. The summed E-state index contributed by atoms with van der Waals surface area (Å²) in [5.41, 5.74) is -0.0484. The SMILES string of the molecule is CCOC(=O)CCC(=O)N(C)[C@@H](c1ccc(Br)cc1)C(F)(F)F. The molecule has 0 fully saturated rings. The maximum absolute atomic E-state index is 13.3. The van der Waals surface area contributed by atoms with Crippen LogP contribution in [0.15, 0.2) is 28.7 Å². The van der Waals surface area contributed by atoms with Crippen LogP contribution in [0.1, 0.15) is 31.4 Å². The molecular weight excluding hydrogens is 379 g/mol. The summed E-state index contributed by atoms with van der Waals surface area (Å²) in [5.74, 6) is -1.38. The Labute approximate surface area is 140 Å². The molecule has 0 aliphatic carbocycles. The zero-order chi connectivity index (χ0) is 17.6. The molecule has 1 aromatic rings. The zero-order valence-corrected chi connectivity index (χ0v) is 14.3. The van der Waals surface area contributed by atoms with E-state index in [-0.39, 0.29) is 25.0 Å². The number of benzene rings is 1. The molecule has 1 atom stereocenters. The highest BCUT2D eigenvalue weighted by Crippen LogP contribution is 2.37. The van der Waals surface area contributed by atoms with Crippen LogP contribution in [-0.4, -0.2) is 36.6 Å². The third-order valence-electron chi connectivity index (χ3n) is 3.12. The van der Waals surface area contributed by atoms with Crippen molar-refractivity contribution in [3.63, 3.8) is 0 Å². The number of carbonyl (C=O) groups is 2. The molecule has 128 valence electrons. The Morgan fingerprint density at radius 1 is 1.22 bits per heavy atom. The highest BCUT2D eigenvalue weighted by molar-refractivity contribution is 9.10. The summed E-state index contributed by atoms with van der Waals surface area (Å²) in [4.78, 5) is 23.8. The van der Waals surface area contributed by atoms with Crippen LogP contribution >= 0.6 is 15.9 Å². The minimum absolute atomic E-state index is 0.0484. The summed E-state index contributed by atoms with van der Waals surface area (Å²) in [6, 6.07) is 3.50. The number of hydrogen-bond donors (Lipinski definition) is 0. The van der Waals surface area contributed by atoms with Crippen molar-refractivity contribution >= 4 is 27.8 Å². The Balaban J connectivity index is 2.88. The standard InChI is InChI=1S/C15H17BrF3NO3/c1-3-23-13(22)9-8-12(21)20(2)14(15(17,18)19)10-4-6-11(16)7-5-10/h4-7,14H,3,8-9H2,1-2H3/t14-/m0/s1. The molecule has 1 aromatic carbocycles. The number of carbonyl (C=O) groups excluding carboxylic acids is 2. The minimum Gasteiger partial charge on any atom is -0.466 e. The molecule has 0 radical (unpaired) electrons. The van der Waals surface area contributed by atoms with Crippen LogP contribution in [0.2, 0.25) is 0 Å². The van der Waals surface area contributed by atoms with Crippen molar-refractivity contribution in [2.75, 3.05) is 13.7 Å².